The topological polar surface area (TPSA) is 90.3 Å². The molecule has 2 atom stereocenters. The van der Waals surface area contributed by atoms with Gasteiger partial charge in [0.05, 0.1) is 23.2 Å². The van der Waals surface area contributed by atoms with Gasteiger partial charge in [0.2, 0.25) is 11.8 Å². The van der Waals surface area contributed by atoms with Crippen LogP contribution in [0.3, 0.4) is 0 Å². The molecule has 1 amide bonds. The molecular weight excluding hydrogens is 370 g/mol. The van der Waals surface area contributed by atoms with E-state index in [9.17, 15) is 4.79 Å². The van der Waals surface area contributed by atoms with E-state index in [0.29, 0.717) is 25.5 Å². The van der Waals surface area contributed by atoms with Crippen LogP contribution in [0.5, 0.6) is 11.6 Å². The number of fused-ring (bicyclic) bond motifs is 2. The second-order valence-corrected chi connectivity index (χ2v) is 7.61. The van der Waals surface area contributed by atoms with Gasteiger partial charge < -0.3 is 24.7 Å². The lowest BCUT2D eigenvalue weighted by Crippen LogP contribution is -2.26. The molecular formula is C21H23N5O3. The Balaban J connectivity index is 1.53. The van der Waals surface area contributed by atoms with Gasteiger partial charge in [-0.3, -0.25) is 4.79 Å². The molecule has 2 aliphatic heterocycles. The predicted octanol–water partition coefficient (Wildman–Crippen LogP) is 2.34. The first kappa shape index (κ1) is 17.8. The summed E-state index contributed by atoms with van der Waals surface area (Å²) in [5.41, 5.74) is 4.38. The fourth-order valence-electron chi connectivity index (χ4n) is 3.90. The number of rotatable bonds is 4. The van der Waals surface area contributed by atoms with Crippen molar-refractivity contribution in [2.24, 2.45) is 13.0 Å². The number of amides is 1. The van der Waals surface area contributed by atoms with Crippen molar-refractivity contribution in [2.75, 3.05) is 25.0 Å². The summed E-state index contributed by atoms with van der Waals surface area (Å²) in [6.45, 7) is 4.06. The van der Waals surface area contributed by atoms with Crippen molar-refractivity contribution in [3.63, 3.8) is 0 Å². The van der Waals surface area contributed by atoms with Crippen LogP contribution in [0.4, 0.5) is 5.69 Å². The lowest BCUT2D eigenvalue weighted by molar-refractivity contribution is -0.119. The molecule has 3 aromatic rings. The number of pyridine rings is 1. The Bertz CT molecular complexity index is 1090. The van der Waals surface area contributed by atoms with Crippen molar-refractivity contribution in [2.45, 2.75) is 19.4 Å². The molecule has 0 saturated carbocycles. The Morgan fingerprint density at radius 2 is 2.21 bits per heavy atom. The maximum atomic E-state index is 11.6. The zero-order valence-electron chi connectivity index (χ0n) is 16.4. The van der Waals surface area contributed by atoms with Crippen molar-refractivity contribution in [3.8, 4) is 22.9 Å². The summed E-state index contributed by atoms with van der Waals surface area (Å²) in [6.07, 6.45) is 2.09. The standard InChI is InChI=1S/C21H23N5O3/c1-12(14-8-19(27)23-10-14)29-21-20-17(24-11-26(20)2)9-15(25-21)13-3-4-18-16(7-13)22-5-6-28-18/h3-4,7,9,11-12,14,22H,5-6,8,10H2,1-2H3,(H,23,27). The molecule has 0 bridgehead atoms. The number of ether oxygens (including phenoxy) is 2. The van der Waals surface area contributed by atoms with E-state index in [-0.39, 0.29) is 17.9 Å². The number of hydrogen-bond acceptors (Lipinski definition) is 6. The number of nitrogens with one attached hydrogen (secondary N) is 2. The Morgan fingerprint density at radius 1 is 1.31 bits per heavy atom. The number of anilines is 1. The van der Waals surface area contributed by atoms with E-state index in [1.807, 2.05) is 42.8 Å². The molecule has 4 heterocycles. The predicted molar refractivity (Wildman–Crippen MR) is 109 cm³/mol. The van der Waals surface area contributed by atoms with Crippen LogP contribution in [-0.4, -0.2) is 46.2 Å². The van der Waals surface area contributed by atoms with Gasteiger partial charge in [0.15, 0.2) is 0 Å². The molecule has 8 heteroatoms. The minimum atomic E-state index is -0.145. The minimum Gasteiger partial charge on any atom is -0.490 e. The maximum absolute atomic E-state index is 11.6. The van der Waals surface area contributed by atoms with Crippen molar-refractivity contribution < 1.29 is 14.3 Å². The van der Waals surface area contributed by atoms with Crippen LogP contribution in [0.1, 0.15) is 13.3 Å². The van der Waals surface area contributed by atoms with Gasteiger partial charge in [0.1, 0.15) is 24.0 Å². The van der Waals surface area contributed by atoms with E-state index in [1.165, 1.54) is 0 Å². The summed E-state index contributed by atoms with van der Waals surface area (Å²) in [5.74, 6) is 1.58. The molecule has 1 aromatic carbocycles. The molecule has 29 heavy (non-hydrogen) atoms. The molecule has 8 nitrogen and oxygen atoms in total. The monoisotopic (exact) mass is 393 g/mol. The van der Waals surface area contributed by atoms with Gasteiger partial charge in [-0.1, -0.05) is 0 Å². The van der Waals surface area contributed by atoms with Gasteiger partial charge in [-0.15, -0.1) is 0 Å². The lowest BCUT2D eigenvalue weighted by atomic mass is 10.0. The molecule has 150 valence electrons. The third kappa shape index (κ3) is 3.24. The number of carbonyl (C=O) groups is 1. The summed E-state index contributed by atoms with van der Waals surface area (Å²) in [6, 6.07) is 7.97. The number of hydrogen-bond donors (Lipinski definition) is 2. The molecule has 1 saturated heterocycles. The van der Waals surface area contributed by atoms with E-state index in [0.717, 1.165) is 40.3 Å². The lowest BCUT2D eigenvalue weighted by Gasteiger charge is -2.21. The van der Waals surface area contributed by atoms with Gasteiger partial charge in [0.25, 0.3) is 0 Å². The Morgan fingerprint density at radius 3 is 3.03 bits per heavy atom. The molecule has 2 aromatic heterocycles. The average molecular weight is 393 g/mol. The maximum Gasteiger partial charge on any atom is 0.241 e. The quantitative estimate of drug-likeness (QED) is 0.707. The fraction of sp³-hybridized carbons (Fsp3) is 0.381. The fourth-order valence-corrected chi connectivity index (χ4v) is 3.90. The Labute approximate surface area is 168 Å². The number of carbonyl (C=O) groups excluding carboxylic acids is 1. The van der Waals surface area contributed by atoms with Gasteiger partial charge in [-0.25, -0.2) is 9.97 Å². The highest BCUT2D eigenvalue weighted by Crippen LogP contribution is 2.35. The van der Waals surface area contributed by atoms with E-state index < -0.39 is 0 Å². The summed E-state index contributed by atoms with van der Waals surface area (Å²) in [4.78, 5) is 20.9. The second kappa shape index (κ2) is 6.95. The van der Waals surface area contributed by atoms with Crippen LogP contribution in [0.25, 0.3) is 22.3 Å². The SMILES string of the molecule is CC(Oc1nc(-c2ccc3c(c2)NCCO3)cc2ncn(C)c12)C1CNC(=O)C1. The number of aromatic nitrogens is 3. The smallest absolute Gasteiger partial charge is 0.241 e. The zero-order chi connectivity index (χ0) is 20.0. The number of benzene rings is 1. The molecule has 5 rings (SSSR count). The van der Waals surface area contributed by atoms with Gasteiger partial charge in [-0.05, 0) is 31.2 Å². The number of aryl methyl sites for hydroxylation is 1. The minimum absolute atomic E-state index is 0.0709. The zero-order valence-corrected chi connectivity index (χ0v) is 16.4. The van der Waals surface area contributed by atoms with Crippen molar-refractivity contribution >= 4 is 22.6 Å². The summed E-state index contributed by atoms with van der Waals surface area (Å²) in [7, 11) is 1.93. The van der Waals surface area contributed by atoms with E-state index in [4.69, 9.17) is 14.5 Å². The highest BCUT2D eigenvalue weighted by atomic mass is 16.5. The van der Waals surface area contributed by atoms with Crippen LogP contribution >= 0.6 is 0 Å². The van der Waals surface area contributed by atoms with E-state index >= 15 is 0 Å². The van der Waals surface area contributed by atoms with Crippen LogP contribution < -0.4 is 20.1 Å². The van der Waals surface area contributed by atoms with E-state index in [1.54, 1.807) is 6.33 Å². The molecule has 2 aliphatic rings. The van der Waals surface area contributed by atoms with Crippen LogP contribution in [0, 0.1) is 5.92 Å². The molecule has 0 spiro atoms. The third-order valence-electron chi connectivity index (χ3n) is 5.58. The summed E-state index contributed by atoms with van der Waals surface area (Å²) >= 11 is 0. The number of imidazole rings is 1. The molecule has 0 aliphatic carbocycles. The highest BCUT2D eigenvalue weighted by Gasteiger charge is 2.29. The summed E-state index contributed by atoms with van der Waals surface area (Å²) in [5, 5.41) is 6.23. The van der Waals surface area contributed by atoms with Crippen molar-refractivity contribution in [1.29, 1.82) is 0 Å². The normalized spacial score (nSPS) is 19.2. The largest absolute Gasteiger partial charge is 0.490 e. The Kier molecular flexibility index (Phi) is 4.26. The van der Waals surface area contributed by atoms with Crippen LogP contribution in [-0.2, 0) is 11.8 Å². The van der Waals surface area contributed by atoms with Crippen LogP contribution in [0.15, 0.2) is 30.6 Å². The van der Waals surface area contributed by atoms with Crippen molar-refractivity contribution in [3.05, 3.63) is 30.6 Å². The first-order chi connectivity index (χ1) is 14.1. The summed E-state index contributed by atoms with van der Waals surface area (Å²) < 4.78 is 13.9. The molecule has 2 unspecified atom stereocenters. The van der Waals surface area contributed by atoms with Gasteiger partial charge >= 0.3 is 0 Å². The van der Waals surface area contributed by atoms with Crippen molar-refractivity contribution in [1.82, 2.24) is 19.9 Å². The molecule has 1 fully saturated rings. The van der Waals surface area contributed by atoms with E-state index in [2.05, 4.69) is 15.6 Å². The van der Waals surface area contributed by atoms with Crippen LogP contribution in [0.2, 0.25) is 0 Å². The first-order valence-corrected chi connectivity index (χ1v) is 9.85. The van der Waals surface area contributed by atoms with Gasteiger partial charge in [-0.2, -0.15) is 0 Å². The molecule has 2 N–H and O–H groups in total. The number of nitrogens with zero attached hydrogens (tertiary/aromatic N) is 3. The molecule has 0 radical (unpaired) electrons. The Hall–Kier alpha value is -3.29. The highest BCUT2D eigenvalue weighted by molar-refractivity contribution is 5.85. The van der Waals surface area contributed by atoms with Gasteiger partial charge in [0, 0.05) is 38.0 Å². The first-order valence-electron chi connectivity index (χ1n) is 9.85. The average Bonchev–Trinajstić information content (AvgIpc) is 3.33. The second-order valence-electron chi connectivity index (χ2n) is 7.61. The third-order valence-corrected chi connectivity index (χ3v) is 5.58.